The molecule has 0 fully saturated rings. The molecule has 0 aliphatic heterocycles. The van der Waals surface area contributed by atoms with Crippen molar-refractivity contribution in [1.29, 1.82) is 0 Å². The molecule has 314 valence electrons. The lowest BCUT2D eigenvalue weighted by molar-refractivity contribution is -0.0254. The van der Waals surface area contributed by atoms with Crippen molar-refractivity contribution in [3.63, 3.8) is 0 Å². The highest BCUT2D eigenvalue weighted by Gasteiger charge is 2.28. The van der Waals surface area contributed by atoms with Gasteiger partial charge in [0.15, 0.2) is 0 Å². The molecule has 0 saturated heterocycles. The van der Waals surface area contributed by atoms with Crippen molar-refractivity contribution in [2.24, 2.45) is 0 Å². The Bertz CT molecular complexity index is 1450. The molecule has 0 aromatic heterocycles. The Morgan fingerprint density at radius 1 is 0.491 bits per heavy atom. The molecule has 0 atom stereocenters. The lowest BCUT2D eigenvalue weighted by Crippen LogP contribution is -2.27. The number of benzene rings is 3. The summed E-state index contributed by atoms with van der Waals surface area (Å²) in [6.07, 6.45) is 1.06. The number of hydrogen-bond donors (Lipinski definition) is 1. The average Bonchev–Trinajstić information content (AvgIpc) is 3.56. The van der Waals surface area contributed by atoms with Gasteiger partial charge in [-0.3, -0.25) is 4.79 Å². The van der Waals surface area contributed by atoms with E-state index in [1.807, 2.05) is 24.3 Å². The summed E-state index contributed by atoms with van der Waals surface area (Å²) < 4.78 is 60.7. The molecule has 1 amide bonds. The average molecular weight is 798 g/mol. The first-order valence-electron chi connectivity index (χ1n) is 19.7. The Labute approximate surface area is 336 Å². The van der Waals surface area contributed by atoms with E-state index in [-0.39, 0.29) is 5.92 Å². The van der Waals surface area contributed by atoms with Crippen LogP contribution in [0.25, 0.3) is 11.1 Å². The van der Waals surface area contributed by atoms with Gasteiger partial charge in [0.1, 0.15) is 25.2 Å². The summed E-state index contributed by atoms with van der Waals surface area (Å²) >= 11 is 0. The number of alkyl carbamates (subject to hydrolysis) is 1. The summed E-state index contributed by atoms with van der Waals surface area (Å²) in [7, 11) is 0. The third-order valence-corrected chi connectivity index (χ3v) is 8.57. The van der Waals surface area contributed by atoms with Gasteiger partial charge in [0.25, 0.3) is 0 Å². The van der Waals surface area contributed by atoms with Crippen LogP contribution in [0.2, 0.25) is 0 Å². The Hall–Kier alpha value is -3.96. The van der Waals surface area contributed by atoms with Gasteiger partial charge in [-0.1, -0.05) is 48.5 Å². The molecule has 3 aromatic carbocycles. The number of hydrogen-bond acceptors (Lipinski definition) is 13. The zero-order valence-corrected chi connectivity index (χ0v) is 32.9. The molecule has 0 saturated carbocycles. The van der Waals surface area contributed by atoms with E-state index in [4.69, 9.17) is 52.1 Å². The Kier molecular flexibility index (Phi) is 24.2. The number of rotatable bonds is 35. The number of carbonyl (C=O) groups is 2. The molecule has 4 rings (SSSR count). The number of ether oxygens (including phenoxy) is 11. The first-order valence-corrected chi connectivity index (χ1v) is 19.7. The smallest absolute Gasteiger partial charge is 0.407 e. The molecule has 14 nitrogen and oxygen atoms in total. The number of fused-ring (bicyclic) bond motifs is 3. The summed E-state index contributed by atoms with van der Waals surface area (Å²) in [6, 6.07) is 23.5. The van der Waals surface area contributed by atoms with Crippen LogP contribution in [0.15, 0.2) is 72.8 Å². The van der Waals surface area contributed by atoms with Crippen LogP contribution in [-0.4, -0.2) is 151 Å². The molecule has 0 radical (unpaired) electrons. The predicted molar refractivity (Wildman–Crippen MR) is 212 cm³/mol. The molecule has 0 spiro atoms. The lowest BCUT2D eigenvalue weighted by Gasteiger charge is -2.14. The second-order valence-corrected chi connectivity index (χ2v) is 12.7. The molecular formula is C43H59NO13. The van der Waals surface area contributed by atoms with E-state index < -0.39 is 6.09 Å². The van der Waals surface area contributed by atoms with Gasteiger partial charge < -0.3 is 57.4 Å². The quantitative estimate of drug-likeness (QED) is 0.0633. The molecule has 0 unspecified atom stereocenters. The Morgan fingerprint density at radius 3 is 1.30 bits per heavy atom. The van der Waals surface area contributed by atoms with E-state index in [9.17, 15) is 9.59 Å². The Morgan fingerprint density at radius 2 is 0.877 bits per heavy atom. The van der Waals surface area contributed by atoms with E-state index in [0.29, 0.717) is 156 Å². The monoisotopic (exact) mass is 797 g/mol. The van der Waals surface area contributed by atoms with Gasteiger partial charge in [-0.15, -0.1) is 0 Å². The van der Waals surface area contributed by atoms with Crippen LogP contribution in [0.1, 0.15) is 33.8 Å². The van der Waals surface area contributed by atoms with Crippen LogP contribution in [0.5, 0.6) is 5.75 Å². The van der Waals surface area contributed by atoms with Crippen LogP contribution in [0, 0.1) is 0 Å². The van der Waals surface area contributed by atoms with Crippen LogP contribution in [-0.2, 0) is 47.4 Å². The summed E-state index contributed by atoms with van der Waals surface area (Å²) in [5.41, 5.74) is 5.41. The maximum absolute atomic E-state index is 12.3. The number of carbonyl (C=O) groups excluding carboxylic acids is 2. The molecular weight excluding hydrogens is 738 g/mol. The van der Waals surface area contributed by atoms with Gasteiger partial charge in [-0.25, -0.2) is 4.79 Å². The third-order valence-electron chi connectivity index (χ3n) is 8.57. The van der Waals surface area contributed by atoms with Crippen molar-refractivity contribution in [3.8, 4) is 16.9 Å². The van der Waals surface area contributed by atoms with Crippen LogP contribution in [0.4, 0.5) is 4.79 Å². The molecule has 1 aliphatic carbocycles. The van der Waals surface area contributed by atoms with Crippen molar-refractivity contribution in [3.05, 3.63) is 89.5 Å². The number of aldehydes is 1. The van der Waals surface area contributed by atoms with E-state index in [1.54, 1.807) is 24.3 Å². The summed E-state index contributed by atoms with van der Waals surface area (Å²) in [4.78, 5) is 22.9. The first kappa shape index (κ1) is 45.7. The zero-order valence-electron chi connectivity index (χ0n) is 32.9. The molecule has 3 aromatic rings. The minimum Gasteiger partial charge on any atom is -0.491 e. The second kappa shape index (κ2) is 30.2. The largest absolute Gasteiger partial charge is 0.491 e. The number of amides is 1. The molecule has 14 heteroatoms. The van der Waals surface area contributed by atoms with Crippen LogP contribution in [0.3, 0.4) is 0 Å². The van der Waals surface area contributed by atoms with Crippen molar-refractivity contribution < 1.29 is 61.7 Å². The van der Waals surface area contributed by atoms with Crippen molar-refractivity contribution in [2.45, 2.75) is 12.3 Å². The van der Waals surface area contributed by atoms with E-state index in [2.05, 4.69) is 29.6 Å². The second-order valence-electron chi connectivity index (χ2n) is 12.7. The molecule has 0 bridgehead atoms. The summed E-state index contributed by atoms with van der Waals surface area (Å²) in [5, 5.41) is 2.80. The molecule has 0 heterocycles. The number of nitrogens with one attached hydrogen (secondary N) is 1. The normalized spacial score (nSPS) is 12.0. The summed E-state index contributed by atoms with van der Waals surface area (Å²) in [5.74, 6) is 0.746. The third kappa shape index (κ3) is 19.4. The van der Waals surface area contributed by atoms with Gasteiger partial charge in [-0.2, -0.15) is 0 Å². The fourth-order valence-corrected chi connectivity index (χ4v) is 5.74. The van der Waals surface area contributed by atoms with Gasteiger partial charge in [0.2, 0.25) is 0 Å². The minimum absolute atomic E-state index is 0.0464. The standard InChI is InChI=1S/C43H59NO13/c45-34-36-10-12-37(13-11-36)56-33-32-55-31-30-54-29-28-53-27-26-52-25-24-51-23-22-50-21-20-49-19-18-48-17-16-47-15-5-14-44-43(46)57-35-42-40-8-3-1-6-38(40)39-7-2-4-9-41(39)42/h1-4,6-13,34,42H,5,14-33,35H2,(H,44,46). The van der Waals surface area contributed by atoms with Gasteiger partial charge >= 0.3 is 6.09 Å². The van der Waals surface area contributed by atoms with Crippen LogP contribution >= 0.6 is 0 Å². The maximum Gasteiger partial charge on any atom is 0.407 e. The highest BCUT2D eigenvalue weighted by molar-refractivity contribution is 5.79. The molecule has 57 heavy (non-hydrogen) atoms. The first-order chi connectivity index (χ1) is 28.3. The molecule has 1 N–H and O–H groups in total. The highest BCUT2D eigenvalue weighted by atomic mass is 16.6. The summed E-state index contributed by atoms with van der Waals surface area (Å²) in [6.45, 7) is 9.87. The van der Waals surface area contributed by atoms with Crippen molar-refractivity contribution in [2.75, 3.05) is 139 Å². The Balaban J connectivity index is 0.785. The SMILES string of the molecule is O=Cc1ccc(OCCOCCOCCOCCOCCOCCOCCOCCOCCOCCCNC(=O)OCC2c3ccccc3-c3ccccc32)cc1. The predicted octanol–water partition coefficient (Wildman–Crippen LogP) is 4.96. The van der Waals surface area contributed by atoms with Gasteiger partial charge in [0.05, 0.1) is 112 Å². The topological polar surface area (TPSA) is 148 Å². The van der Waals surface area contributed by atoms with E-state index in [0.717, 1.165) is 6.29 Å². The highest BCUT2D eigenvalue weighted by Crippen LogP contribution is 2.44. The lowest BCUT2D eigenvalue weighted by atomic mass is 9.98. The van der Waals surface area contributed by atoms with E-state index in [1.165, 1.54) is 22.3 Å². The van der Waals surface area contributed by atoms with Crippen molar-refractivity contribution in [1.82, 2.24) is 5.32 Å². The van der Waals surface area contributed by atoms with Crippen molar-refractivity contribution >= 4 is 12.4 Å². The van der Waals surface area contributed by atoms with Gasteiger partial charge in [-0.05, 0) is 52.9 Å². The minimum atomic E-state index is -0.418. The van der Waals surface area contributed by atoms with E-state index >= 15 is 0 Å². The fourth-order valence-electron chi connectivity index (χ4n) is 5.74. The van der Waals surface area contributed by atoms with Gasteiger partial charge in [0, 0.05) is 24.6 Å². The molecule has 1 aliphatic rings. The van der Waals surface area contributed by atoms with Crippen LogP contribution < -0.4 is 10.1 Å². The zero-order chi connectivity index (χ0) is 39.9. The fraction of sp³-hybridized carbons (Fsp3) is 0.535. The maximum atomic E-state index is 12.3.